The molecule has 92 valence electrons. The Hall–Kier alpha value is -1.15. The SMILES string of the molecule is Cc1cc(C)c(C(=O)C2CNCC2C)cc1C. The Kier molecular flexibility index (Phi) is 3.34. The summed E-state index contributed by atoms with van der Waals surface area (Å²) in [5, 5.41) is 3.30. The lowest BCUT2D eigenvalue weighted by Gasteiger charge is -2.16. The zero-order valence-electron chi connectivity index (χ0n) is 11.1. The maximum absolute atomic E-state index is 12.5. The van der Waals surface area contributed by atoms with Crippen molar-refractivity contribution in [3.63, 3.8) is 0 Å². The normalized spacial score (nSPS) is 24.0. The molecule has 1 aliphatic rings. The molecule has 2 heteroatoms. The molecule has 0 aliphatic carbocycles. The van der Waals surface area contributed by atoms with Crippen molar-refractivity contribution in [2.75, 3.05) is 13.1 Å². The number of Topliss-reactive ketones (excluding diaryl/α,β-unsaturated/α-hetero) is 1. The molecule has 0 spiro atoms. The number of carbonyl (C=O) groups is 1. The van der Waals surface area contributed by atoms with Crippen LogP contribution >= 0.6 is 0 Å². The molecular weight excluding hydrogens is 210 g/mol. The van der Waals surface area contributed by atoms with Gasteiger partial charge in [-0.1, -0.05) is 13.0 Å². The van der Waals surface area contributed by atoms with E-state index in [9.17, 15) is 4.79 Å². The van der Waals surface area contributed by atoms with Crippen molar-refractivity contribution in [1.29, 1.82) is 0 Å². The molecule has 2 rings (SSSR count). The summed E-state index contributed by atoms with van der Waals surface area (Å²) in [5.74, 6) is 0.905. The van der Waals surface area contributed by atoms with Crippen LogP contribution < -0.4 is 5.32 Å². The third-order valence-electron chi connectivity index (χ3n) is 3.96. The van der Waals surface area contributed by atoms with Gasteiger partial charge in [-0.05, 0) is 56.0 Å². The molecule has 0 radical (unpaired) electrons. The second-order valence-electron chi connectivity index (χ2n) is 5.36. The summed E-state index contributed by atoms with van der Waals surface area (Å²) in [5.41, 5.74) is 4.49. The molecule has 1 fully saturated rings. The van der Waals surface area contributed by atoms with Gasteiger partial charge in [0.15, 0.2) is 5.78 Å². The number of hydrogen-bond donors (Lipinski definition) is 1. The van der Waals surface area contributed by atoms with E-state index in [1.54, 1.807) is 0 Å². The topological polar surface area (TPSA) is 29.1 Å². The van der Waals surface area contributed by atoms with Crippen LogP contribution in [0.2, 0.25) is 0 Å². The van der Waals surface area contributed by atoms with Gasteiger partial charge in [0.1, 0.15) is 0 Å². The van der Waals surface area contributed by atoms with Crippen molar-refractivity contribution >= 4 is 5.78 Å². The molecule has 17 heavy (non-hydrogen) atoms. The standard InChI is InChI=1S/C15H21NO/c1-9-5-11(3)13(6-10(9)2)15(17)14-8-16-7-12(14)4/h5-6,12,14,16H,7-8H2,1-4H3. The lowest BCUT2D eigenvalue weighted by Crippen LogP contribution is -2.22. The number of aryl methyl sites for hydroxylation is 3. The smallest absolute Gasteiger partial charge is 0.167 e. The molecule has 2 nitrogen and oxygen atoms in total. The molecule has 1 saturated heterocycles. The second kappa shape index (κ2) is 4.61. The van der Waals surface area contributed by atoms with E-state index in [1.807, 2.05) is 6.92 Å². The van der Waals surface area contributed by atoms with Crippen molar-refractivity contribution in [3.05, 3.63) is 34.4 Å². The number of nitrogens with one attached hydrogen (secondary N) is 1. The Morgan fingerprint density at radius 3 is 2.35 bits per heavy atom. The van der Waals surface area contributed by atoms with Gasteiger partial charge < -0.3 is 5.32 Å². The fourth-order valence-electron chi connectivity index (χ4n) is 2.59. The van der Waals surface area contributed by atoms with Crippen molar-refractivity contribution in [2.24, 2.45) is 11.8 Å². The van der Waals surface area contributed by atoms with Crippen LogP contribution in [0.3, 0.4) is 0 Å². The van der Waals surface area contributed by atoms with Gasteiger partial charge in [-0.15, -0.1) is 0 Å². The van der Waals surface area contributed by atoms with Crippen LogP contribution in [0.4, 0.5) is 0 Å². The first kappa shape index (κ1) is 12.3. The minimum absolute atomic E-state index is 0.149. The molecule has 1 N–H and O–H groups in total. The fraction of sp³-hybridized carbons (Fsp3) is 0.533. The third kappa shape index (κ3) is 2.27. The largest absolute Gasteiger partial charge is 0.316 e. The zero-order chi connectivity index (χ0) is 12.6. The highest BCUT2D eigenvalue weighted by molar-refractivity contribution is 5.99. The maximum Gasteiger partial charge on any atom is 0.167 e. The predicted octanol–water partition coefficient (Wildman–Crippen LogP) is 2.65. The minimum Gasteiger partial charge on any atom is -0.316 e. The van der Waals surface area contributed by atoms with Gasteiger partial charge in [0, 0.05) is 18.0 Å². The van der Waals surface area contributed by atoms with Crippen LogP contribution in [-0.4, -0.2) is 18.9 Å². The van der Waals surface area contributed by atoms with Crippen LogP contribution in [0.15, 0.2) is 12.1 Å². The van der Waals surface area contributed by atoms with E-state index in [1.165, 1.54) is 11.1 Å². The highest BCUT2D eigenvalue weighted by atomic mass is 16.1. The van der Waals surface area contributed by atoms with Crippen molar-refractivity contribution in [2.45, 2.75) is 27.7 Å². The molecule has 2 unspecified atom stereocenters. The monoisotopic (exact) mass is 231 g/mol. The summed E-state index contributed by atoms with van der Waals surface area (Å²) in [7, 11) is 0. The summed E-state index contributed by atoms with van der Waals surface area (Å²) in [6.45, 7) is 10.1. The Morgan fingerprint density at radius 2 is 1.76 bits per heavy atom. The van der Waals surface area contributed by atoms with Gasteiger partial charge in [-0.25, -0.2) is 0 Å². The molecule has 1 aliphatic heterocycles. The minimum atomic E-state index is 0.149. The summed E-state index contributed by atoms with van der Waals surface area (Å²) in [4.78, 5) is 12.5. The molecule has 2 atom stereocenters. The molecule has 1 aromatic rings. The Balaban J connectivity index is 2.34. The van der Waals surface area contributed by atoms with E-state index in [0.29, 0.717) is 11.7 Å². The van der Waals surface area contributed by atoms with Gasteiger partial charge in [0.2, 0.25) is 0 Å². The van der Waals surface area contributed by atoms with Crippen LogP contribution in [0.5, 0.6) is 0 Å². The quantitative estimate of drug-likeness (QED) is 0.793. The molecule has 1 aromatic carbocycles. The number of carbonyl (C=O) groups excluding carboxylic acids is 1. The third-order valence-corrected chi connectivity index (χ3v) is 3.96. The lowest BCUT2D eigenvalue weighted by atomic mass is 9.86. The molecular formula is C15H21NO. The first-order valence-corrected chi connectivity index (χ1v) is 6.33. The highest BCUT2D eigenvalue weighted by Crippen LogP contribution is 2.24. The van der Waals surface area contributed by atoms with Crippen molar-refractivity contribution in [1.82, 2.24) is 5.32 Å². The summed E-state index contributed by atoms with van der Waals surface area (Å²) < 4.78 is 0. The first-order chi connectivity index (χ1) is 8.00. The van der Waals surface area contributed by atoms with Crippen LogP contribution in [0.25, 0.3) is 0 Å². The van der Waals surface area contributed by atoms with E-state index >= 15 is 0 Å². The predicted molar refractivity (Wildman–Crippen MR) is 70.5 cm³/mol. The van der Waals surface area contributed by atoms with Crippen LogP contribution in [0, 0.1) is 32.6 Å². The number of ketones is 1. The summed E-state index contributed by atoms with van der Waals surface area (Å²) in [6, 6.07) is 4.17. The van der Waals surface area contributed by atoms with Crippen LogP contribution in [0.1, 0.15) is 34.0 Å². The highest BCUT2D eigenvalue weighted by Gasteiger charge is 2.30. The first-order valence-electron chi connectivity index (χ1n) is 6.33. The molecule has 0 amide bonds. The summed E-state index contributed by atoms with van der Waals surface area (Å²) in [6.07, 6.45) is 0. The lowest BCUT2D eigenvalue weighted by molar-refractivity contribution is 0.0907. The van der Waals surface area contributed by atoms with E-state index in [0.717, 1.165) is 24.2 Å². The van der Waals surface area contributed by atoms with E-state index < -0.39 is 0 Å². The maximum atomic E-state index is 12.5. The number of benzene rings is 1. The van der Waals surface area contributed by atoms with E-state index in [-0.39, 0.29) is 5.92 Å². The van der Waals surface area contributed by atoms with Gasteiger partial charge in [0.05, 0.1) is 0 Å². The number of hydrogen-bond acceptors (Lipinski definition) is 2. The van der Waals surface area contributed by atoms with Gasteiger partial charge in [0.25, 0.3) is 0 Å². The summed E-state index contributed by atoms with van der Waals surface area (Å²) >= 11 is 0. The van der Waals surface area contributed by atoms with E-state index in [2.05, 4.69) is 38.2 Å². The molecule has 0 aromatic heterocycles. The molecule has 1 heterocycles. The molecule has 0 bridgehead atoms. The van der Waals surface area contributed by atoms with Crippen molar-refractivity contribution < 1.29 is 4.79 Å². The number of rotatable bonds is 2. The van der Waals surface area contributed by atoms with E-state index in [4.69, 9.17) is 0 Å². The van der Waals surface area contributed by atoms with Crippen molar-refractivity contribution in [3.8, 4) is 0 Å². The zero-order valence-corrected chi connectivity index (χ0v) is 11.1. The average molecular weight is 231 g/mol. The molecule has 0 saturated carbocycles. The fourth-order valence-corrected chi connectivity index (χ4v) is 2.59. The van der Waals surface area contributed by atoms with Gasteiger partial charge >= 0.3 is 0 Å². The Labute approximate surface area is 103 Å². The van der Waals surface area contributed by atoms with Gasteiger partial charge in [-0.2, -0.15) is 0 Å². The average Bonchev–Trinajstić information content (AvgIpc) is 2.69. The van der Waals surface area contributed by atoms with Crippen LogP contribution in [-0.2, 0) is 0 Å². The Morgan fingerprint density at radius 1 is 1.12 bits per heavy atom. The second-order valence-corrected chi connectivity index (χ2v) is 5.36. The van der Waals surface area contributed by atoms with Gasteiger partial charge in [-0.3, -0.25) is 4.79 Å². The Bertz CT molecular complexity index is 450.